The molecule has 1 aromatic heterocycles. The topological polar surface area (TPSA) is 73.4 Å². The number of carbonyl (C=O) groups excluding carboxylic acids is 1. The van der Waals surface area contributed by atoms with E-state index in [-0.39, 0.29) is 12.0 Å². The summed E-state index contributed by atoms with van der Waals surface area (Å²) in [6.07, 6.45) is 4.43. The maximum Gasteiger partial charge on any atom is 0.257 e. The first-order chi connectivity index (χ1) is 12.6. The van der Waals surface area contributed by atoms with Crippen molar-refractivity contribution in [1.29, 1.82) is 0 Å². The van der Waals surface area contributed by atoms with E-state index in [1.54, 1.807) is 10.9 Å². The minimum atomic E-state index is 0.0150. The summed E-state index contributed by atoms with van der Waals surface area (Å²) < 4.78 is 7.53. The second kappa shape index (κ2) is 8.66. The van der Waals surface area contributed by atoms with Gasteiger partial charge in [-0.05, 0) is 44.9 Å². The summed E-state index contributed by atoms with van der Waals surface area (Å²) in [4.78, 5) is 14.8. The summed E-state index contributed by atoms with van der Waals surface area (Å²) in [7, 11) is 0. The van der Waals surface area contributed by atoms with Crippen molar-refractivity contribution in [2.24, 2.45) is 5.73 Å². The van der Waals surface area contributed by atoms with Crippen LogP contribution in [0.5, 0.6) is 0 Å². The molecule has 3 rings (SSSR count). The number of benzene rings is 1. The van der Waals surface area contributed by atoms with Crippen LogP contribution in [0.15, 0.2) is 30.5 Å². The second-order valence-electron chi connectivity index (χ2n) is 6.51. The van der Waals surface area contributed by atoms with E-state index in [0.717, 1.165) is 30.6 Å². The van der Waals surface area contributed by atoms with Crippen molar-refractivity contribution in [2.75, 3.05) is 26.2 Å². The molecular formula is C19H25ClN4O2. The molecule has 0 bridgehead atoms. The molecule has 1 aromatic carbocycles. The predicted molar refractivity (Wildman–Crippen MR) is 102 cm³/mol. The number of nitrogens with zero attached hydrogens (tertiary/aromatic N) is 3. The molecule has 2 aromatic rings. The predicted octanol–water partition coefficient (Wildman–Crippen LogP) is 2.80. The molecule has 0 saturated carbocycles. The van der Waals surface area contributed by atoms with Crippen LogP contribution in [0.3, 0.4) is 0 Å². The minimum Gasteiger partial charge on any atom is -0.378 e. The second-order valence-corrected chi connectivity index (χ2v) is 6.92. The van der Waals surface area contributed by atoms with Crippen LogP contribution in [0.4, 0.5) is 0 Å². The van der Waals surface area contributed by atoms with Gasteiger partial charge in [-0.15, -0.1) is 0 Å². The standard InChI is InChI=1S/C19H25ClN4O2/c1-14-16(13-22-24(14)18-6-3-2-5-17(18)20)19(25)23-10-7-15(8-11-23)26-12-4-9-21/h2-3,5-6,13,15H,4,7-12,21H2,1H3. The number of nitrogens with two attached hydrogens (primary N) is 1. The average molecular weight is 377 g/mol. The van der Waals surface area contributed by atoms with Gasteiger partial charge in [-0.3, -0.25) is 4.79 Å². The Morgan fingerprint density at radius 2 is 2.08 bits per heavy atom. The Hall–Kier alpha value is -1.89. The van der Waals surface area contributed by atoms with E-state index in [1.165, 1.54) is 0 Å². The van der Waals surface area contributed by atoms with Crippen LogP contribution in [0.2, 0.25) is 5.02 Å². The minimum absolute atomic E-state index is 0.0150. The number of carbonyl (C=O) groups is 1. The molecule has 1 amide bonds. The summed E-state index contributed by atoms with van der Waals surface area (Å²) in [6, 6.07) is 7.48. The summed E-state index contributed by atoms with van der Waals surface area (Å²) >= 11 is 6.26. The molecule has 0 aliphatic carbocycles. The lowest BCUT2D eigenvalue weighted by Crippen LogP contribution is -2.41. The van der Waals surface area contributed by atoms with Crippen molar-refractivity contribution in [1.82, 2.24) is 14.7 Å². The number of halogens is 1. The number of rotatable bonds is 6. The van der Waals surface area contributed by atoms with Gasteiger partial charge < -0.3 is 15.4 Å². The zero-order valence-corrected chi connectivity index (χ0v) is 15.8. The van der Waals surface area contributed by atoms with Crippen molar-refractivity contribution in [3.05, 3.63) is 46.7 Å². The molecule has 1 saturated heterocycles. The molecule has 1 aliphatic heterocycles. The normalized spacial score (nSPS) is 15.4. The van der Waals surface area contributed by atoms with E-state index in [0.29, 0.717) is 36.8 Å². The fraction of sp³-hybridized carbons (Fsp3) is 0.474. The molecule has 0 unspecified atom stereocenters. The Bertz CT molecular complexity index is 754. The van der Waals surface area contributed by atoms with Gasteiger partial charge in [0.1, 0.15) is 0 Å². The van der Waals surface area contributed by atoms with E-state index in [1.807, 2.05) is 36.1 Å². The highest BCUT2D eigenvalue weighted by Crippen LogP contribution is 2.23. The summed E-state index contributed by atoms with van der Waals surface area (Å²) in [5.74, 6) is 0.0150. The molecular weight excluding hydrogens is 352 g/mol. The monoisotopic (exact) mass is 376 g/mol. The van der Waals surface area contributed by atoms with Crippen LogP contribution in [0, 0.1) is 6.92 Å². The van der Waals surface area contributed by atoms with Gasteiger partial charge in [-0.25, -0.2) is 4.68 Å². The van der Waals surface area contributed by atoms with Crippen LogP contribution in [0.1, 0.15) is 35.3 Å². The highest BCUT2D eigenvalue weighted by atomic mass is 35.5. The lowest BCUT2D eigenvalue weighted by atomic mass is 10.1. The Labute approximate surface area is 158 Å². The van der Waals surface area contributed by atoms with Gasteiger partial charge in [0, 0.05) is 19.7 Å². The first-order valence-electron chi connectivity index (χ1n) is 9.02. The maximum absolute atomic E-state index is 12.9. The number of aromatic nitrogens is 2. The largest absolute Gasteiger partial charge is 0.378 e. The van der Waals surface area contributed by atoms with Crippen molar-refractivity contribution in [2.45, 2.75) is 32.3 Å². The third-order valence-electron chi connectivity index (χ3n) is 4.75. The van der Waals surface area contributed by atoms with Gasteiger partial charge in [0.25, 0.3) is 5.91 Å². The Morgan fingerprint density at radius 1 is 1.35 bits per heavy atom. The van der Waals surface area contributed by atoms with E-state index < -0.39 is 0 Å². The highest BCUT2D eigenvalue weighted by molar-refractivity contribution is 6.32. The zero-order valence-electron chi connectivity index (χ0n) is 15.0. The molecule has 0 spiro atoms. The highest BCUT2D eigenvalue weighted by Gasteiger charge is 2.26. The zero-order chi connectivity index (χ0) is 18.5. The molecule has 26 heavy (non-hydrogen) atoms. The quantitative estimate of drug-likeness (QED) is 0.787. The van der Waals surface area contributed by atoms with Gasteiger partial charge in [-0.2, -0.15) is 5.10 Å². The summed E-state index contributed by atoms with van der Waals surface area (Å²) in [6.45, 7) is 4.63. The van der Waals surface area contributed by atoms with Gasteiger partial charge in [0.15, 0.2) is 0 Å². The van der Waals surface area contributed by atoms with Gasteiger partial charge in [0.05, 0.1) is 34.3 Å². The number of hydrogen-bond donors (Lipinski definition) is 1. The van der Waals surface area contributed by atoms with E-state index in [2.05, 4.69) is 5.10 Å². The molecule has 2 heterocycles. The molecule has 0 atom stereocenters. The molecule has 7 heteroatoms. The Kier molecular flexibility index (Phi) is 6.29. The van der Waals surface area contributed by atoms with Crippen LogP contribution < -0.4 is 5.73 Å². The number of para-hydroxylation sites is 1. The lowest BCUT2D eigenvalue weighted by Gasteiger charge is -2.32. The van der Waals surface area contributed by atoms with Gasteiger partial charge >= 0.3 is 0 Å². The lowest BCUT2D eigenvalue weighted by molar-refractivity contribution is 0.00843. The van der Waals surface area contributed by atoms with E-state index in [9.17, 15) is 4.79 Å². The fourth-order valence-corrected chi connectivity index (χ4v) is 3.43. The summed E-state index contributed by atoms with van der Waals surface area (Å²) in [5.41, 5.74) is 7.68. The van der Waals surface area contributed by atoms with Crippen LogP contribution in [-0.4, -0.2) is 52.9 Å². The summed E-state index contributed by atoms with van der Waals surface area (Å²) in [5, 5.41) is 4.98. The number of likely N-dealkylation sites (tertiary alicyclic amines) is 1. The smallest absolute Gasteiger partial charge is 0.257 e. The van der Waals surface area contributed by atoms with Crippen molar-refractivity contribution < 1.29 is 9.53 Å². The third kappa shape index (κ3) is 4.09. The SMILES string of the molecule is Cc1c(C(=O)N2CCC(OCCCN)CC2)cnn1-c1ccccc1Cl. The molecule has 2 N–H and O–H groups in total. The van der Waals surface area contributed by atoms with Crippen molar-refractivity contribution in [3.8, 4) is 5.69 Å². The van der Waals surface area contributed by atoms with Crippen molar-refractivity contribution >= 4 is 17.5 Å². The first kappa shape index (κ1) is 18.9. The molecule has 1 fully saturated rings. The van der Waals surface area contributed by atoms with Crippen molar-refractivity contribution in [3.63, 3.8) is 0 Å². The number of ether oxygens (including phenoxy) is 1. The fourth-order valence-electron chi connectivity index (χ4n) is 3.22. The molecule has 0 radical (unpaired) electrons. The van der Waals surface area contributed by atoms with Gasteiger partial charge in [0.2, 0.25) is 0 Å². The van der Waals surface area contributed by atoms with Crippen LogP contribution in [0.25, 0.3) is 5.69 Å². The maximum atomic E-state index is 12.9. The number of piperidine rings is 1. The Morgan fingerprint density at radius 3 is 2.77 bits per heavy atom. The average Bonchev–Trinajstić information content (AvgIpc) is 3.03. The molecule has 6 nitrogen and oxygen atoms in total. The number of hydrogen-bond acceptors (Lipinski definition) is 4. The van der Waals surface area contributed by atoms with E-state index >= 15 is 0 Å². The van der Waals surface area contributed by atoms with Crippen LogP contribution in [-0.2, 0) is 4.74 Å². The molecule has 1 aliphatic rings. The van der Waals surface area contributed by atoms with Crippen LogP contribution >= 0.6 is 11.6 Å². The van der Waals surface area contributed by atoms with E-state index in [4.69, 9.17) is 22.1 Å². The third-order valence-corrected chi connectivity index (χ3v) is 5.07. The molecule has 140 valence electrons. The van der Waals surface area contributed by atoms with Gasteiger partial charge in [-0.1, -0.05) is 23.7 Å². The first-order valence-corrected chi connectivity index (χ1v) is 9.40. The Balaban J connectivity index is 1.66. The number of amides is 1.